The molecule has 0 aliphatic rings. The third-order valence-electron chi connectivity index (χ3n) is 3.61. The van der Waals surface area contributed by atoms with Crippen LogP contribution in [0, 0.1) is 13.8 Å². The molecule has 1 atom stereocenters. The molecular formula is C17H24N2O2. The summed E-state index contributed by atoms with van der Waals surface area (Å²) in [5.74, 6) is 1.54. The van der Waals surface area contributed by atoms with E-state index >= 15 is 0 Å². The molecule has 0 aliphatic heterocycles. The maximum atomic E-state index is 5.35. The van der Waals surface area contributed by atoms with Crippen molar-refractivity contribution in [3.63, 3.8) is 0 Å². The van der Waals surface area contributed by atoms with E-state index in [0.29, 0.717) is 6.04 Å². The first-order valence-corrected chi connectivity index (χ1v) is 7.17. The first-order valence-electron chi connectivity index (χ1n) is 7.17. The monoisotopic (exact) mass is 288 g/mol. The van der Waals surface area contributed by atoms with E-state index in [-0.39, 0.29) is 0 Å². The van der Waals surface area contributed by atoms with Gasteiger partial charge in [0.1, 0.15) is 0 Å². The molecule has 1 N–H and O–H groups in total. The molecule has 21 heavy (non-hydrogen) atoms. The molecule has 4 heteroatoms. The van der Waals surface area contributed by atoms with Crippen molar-refractivity contribution in [3.8, 4) is 11.5 Å². The van der Waals surface area contributed by atoms with Gasteiger partial charge >= 0.3 is 0 Å². The molecule has 2 rings (SSSR count). The highest BCUT2D eigenvalue weighted by Crippen LogP contribution is 2.28. The minimum Gasteiger partial charge on any atom is -0.493 e. The van der Waals surface area contributed by atoms with Crippen LogP contribution in [0.4, 0.5) is 0 Å². The van der Waals surface area contributed by atoms with E-state index in [0.717, 1.165) is 17.9 Å². The van der Waals surface area contributed by atoms with Gasteiger partial charge in [-0.2, -0.15) is 0 Å². The Labute approximate surface area is 126 Å². The van der Waals surface area contributed by atoms with Crippen molar-refractivity contribution in [2.24, 2.45) is 0 Å². The Morgan fingerprint density at radius 2 is 1.62 bits per heavy atom. The predicted octanol–water partition coefficient (Wildman–Crippen LogP) is 3.30. The molecule has 0 saturated heterocycles. The number of nitrogens with zero attached hydrogens (tertiary/aromatic N) is 1. The Bertz CT molecular complexity index is 585. The van der Waals surface area contributed by atoms with Gasteiger partial charge in [-0.05, 0) is 57.0 Å². The SMILES string of the molecule is COc1ccc(CC(C)Nn2c(C)ccc2C)cc1OC. The lowest BCUT2D eigenvalue weighted by Gasteiger charge is -2.20. The number of nitrogens with one attached hydrogen (secondary N) is 1. The van der Waals surface area contributed by atoms with Crippen molar-refractivity contribution in [1.29, 1.82) is 0 Å². The maximum absolute atomic E-state index is 5.35. The molecule has 1 aromatic carbocycles. The number of hydrogen-bond donors (Lipinski definition) is 1. The van der Waals surface area contributed by atoms with Crippen LogP contribution in [0.1, 0.15) is 23.9 Å². The molecular weight excluding hydrogens is 264 g/mol. The maximum Gasteiger partial charge on any atom is 0.160 e. The summed E-state index contributed by atoms with van der Waals surface area (Å²) in [6, 6.07) is 10.6. The summed E-state index contributed by atoms with van der Waals surface area (Å²) in [6.45, 7) is 6.38. The highest BCUT2D eigenvalue weighted by molar-refractivity contribution is 5.43. The Kier molecular flexibility index (Phi) is 4.78. The second kappa shape index (κ2) is 6.57. The first-order chi connectivity index (χ1) is 10.0. The summed E-state index contributed by atoms with van der Waals surface area (Å²) >= 11 is 0. The van der Waals surface area contributed by atoms with Gasteiger partial charge < -0.3 is 14.9 Å². The molecule has 0 radical (unpaired) electrons. The molecule has 0 fully saturated rings. The fourth-order valence-corrected chi connectivity index (χ4v) is 2.50. The standard InChI is InChI=1S/C17H24N2O2/c1-12(18-19-13(2)6-7-14(19)3)10-15-8-9-16(20-4)17(11-15)21-5/h6-9,11-12,18H,10H2,1-5H3. The van der Waals surface area contributed by atoms with E-state index in [9.17, 15) is 0 Å². The van der Waals surface area contributed by atoms with E-state index in [1.54, 1.807) is 14.2 Å². The van der Waals surface area contributed by atoms with Gasteiger partial charge in [0.25, 0.3) is 0 Å². The van der Waals surface area contributed by atoms with Gasteiger partial charge in [-0.25, -0.2) is 0 Å². The molecule has 2 aromatic rings. The van der Waals surface area contributed by atoms with E-state index in [4.69, 9.17) is 9.47 Å². The number of aryl methyl sites for hydroxylation is 2. The Hall–Kier alpha value is -2.10. The fraction of sp³-hybridized carbons (Fsp3) is 0.412. The van der Waals surface area contributed by atoms with Crippen molar-refractivity contribution in [2.75, 3.05) is 19.6 Å². The van der Waals surface area contributed by atoms with Crippen molar-refractivity contribution >= 4 is 0 Å². The zero-order valence-electron chi connectivity index (χ0n) is 13.4. The van der Waals surface area contributed by atoms with Gasteiger partial charge in [0.05, 0.1) is 14.2 Å². The highest BCUT2D eigenvalue weighted by Gasteiger charge is 2.09. The molecule has 1 unspecified atom stereocenters. The average molecular weight is 288 g/mol. The molecule has 4 nitrogen and oxygen atoms in total. The highest BCUT2D eigenvalue weighted by atomic mass is 16.5. The van der Waals surface area contributed by atoms with Crippen LogP contribution in [-0.4, -0.2) is 24.9 Å². The van der Waals surface area contributed by atoms with Crippen molar-refractivity contribution in [1.82, 2.24) is 4.68 Å². The van der Waals surface area contributed by atoms with Gasteiger partial charge in [-0.1, -0.05) is 6.07 Å². The molecule has 0 spiro atoms. The van der Waals surface area contributed by atoms with Crippen LogP contribution in [0.3, 0.4) is 0 Å². The third-order valence-corrected chi connectivity index (χ3v) is 3.61. The Morgan fingerprint density at radius 3 is 2.19 bits per heavy atom. The first kappa shape index (κ1) is 15.3. The van der Waals surface area contributed by atoms with Crippen molar-refractivity contribution < 1.29 is 9.47 Å². The van der Waals surface area contributed by atoms with Crippen LogP contribution in [0.25, 0.3) is 0 Å². The average Bonchev–Trinajstić information content (AvgIpc) is 2.79. The molecule has 0 bridgehead atoms. The lowest BCUT2D eigenvalue weighted by Crippen LogP contribution is -2.28. The van der Waals surface area contributed by atoms with Crippen LogP contribution in [0.15, 0.2) is 30.3 Å². The second-order valence-electron chi connectivity index (χ2n) is 5.38. The van der Waals surface area contributed by atoms with Gasteiger partial charge in [0, 0.05) is 17.4 Å². The molecule has 1 heterocycles. The molecule has 0 aliphatic carbocycles. The fourth-order valence-electron chi connectivity index (χ4n) is 2.50. The Balaban J connectivity index is 2.07. The number of methoxy groups -OCH3 is 2. The second-order valence-corrected chi connectivity index (χ2v) is 5.38. The van der Waals surface area contributed by atoms with Gasteiger partial charge in [-0.15, -0.1) is 0 Å². The molecule has 114 valence electrons. The summed E-state index contributed by atoms with van der Waals surface area (Å²) in [5, 5.41) is 0. The number of hydrogen-bond acceptors (Lipinski definition) is 3. The predicted molar refractivity (Wildman–Crippen MR) is 86.0 cm³/mol. The van der Waals surface area contributed by atoms with E-state index in [1.165, 1.54) is 17.0 Å². The zero-order valence-corrected chi connectivity index (χ0v) is 13.4. The summed E-state index contributed by atoms with van der Waals surface area (Å²) in [7, 11) is 3.31. The lowest BCUT2D eigenvalue weighted by molar-refractivity contribution is 0.354. The molecule has 1 aromatic heterocycles. The quantitative estimate of drug-likeness (QED) is 0.886. The minimum atomic E-state index is 0.313. The normalized spacial score (nSPS) is 12.0. The lowest BCUT2D eigenvalue weighted by atomic mass is 10.1. The third kappa shape index (κ3) is 3.51. The summed E-state index contributed by atoms with van der Waals surface area (Å²) in [6.07, 6.45) is 0.914. The van der Waals surface area contributed by atoms with Gasteiger partial charge in [-0.3, -0.25) is 4.68 Å². The van der Waals surface area contributed by atoms with E-state index < -0.39 is 0 Å². The van der Waals surface area contributed by atoms with Gasteiger partial charge in [0.15, 0.2) is 11.5 Å². The van der Waals surface area contributed by atoms with Crippen LogP contribution in [0.5, 0.6) is 11.5 Å². The van der Waals surface area contributed by atoms with Crippen molar-refractivity contribution in [2.45, 2.75) is 33.2 Å². The van der Waals surface area contributed by atoms with E-state index in [2.05, 4.69) is 49.1 Å². The number of aromatic nitrogens is 1. The van der Waals surface area contributed by atoms with Gasteiger partial charge in [0.2, 0.25) is 0 Å². The number of ether oxygens (including phenoxy) is 2. The van der Waals surface area contributed by atoms with Crippen LogP contribution in [0.2, 0.25) is 0 Å². The number of rotatable bonds is 6. The van der Waals surface area contributed by atoms with Crippen molar-refractivity contribution in [3.05, 3.63) is 47.3 Å². The van der Waals surface area contributed by atoms with Crippen LogP contribution < -0.4 is 14.9 Å². The molecule has 0 amide bonds. The topological polar surface area (TPSA) is 35.4 Å². The summed E-state index contributed by atoms with van der Waals surface area (Å²) in [5.41, 5.74) is 7.16. The summed E-state index contributed by atoms with van der Waals surface area (Å²) < 4.78 is 12.8. The van der Waals surface area contributed by atoms with E-state index in [1.807, 2.05) is 12.1 Å². The largest absolute Gasteiger partial charge is 0.493 e. The van der Waals surface area contributed by atoms with Crippen LogP contribution >= 0.6 is 0 Å². The molecule has 0 saturated carbocycles. The Morgan fingerprint density at radius 1 is 1.00 bits per heavy atom. The minimum absolute atomic E-state index is 0.313. The van der Waals surface area contributed by atoms with Crippen LogP contribution in [-0.2, 0) is 6.42 Å². The number of benzene rings is 1. The zero-order chi connectivity index (χ0) is 15.4. The summed E-state index contributed by atoms with van der Waals surface area (Å²) in [4.78, 5) is 0. The smallest absolute Gasteiger partial charge is 0.160 e.